The highest BCUT2D eigenvalue weighted by molar-refractivity contribution is 6.15. The van der Waals surface area contributed by atoms with E-state index in [1.165, 1.54) is 0 Å². The van der Waals surface area contributed by atoms with Crippen LogP contribution in [0.15, 0.2) is 0 Å². The van der Waals surface area contributed by atoms with E-state index in [1.807, 2.05) is 0 Å². The van der Waals surface area contributed by atoms with Gasteiger partial charge in [0, 0.05) is 0 Å². The third kappa shape index (κ3) is 1.45. The van der Waals surface area contributed by atoms with Gasteiger partial charge < -0.3 is 19.2 Å². The monoisotopic (exact) mass is 117 g/mol. The van der Waals surface area contributed by atoms with Crippen molar-refractivity contribution in [3.8, 4) is 0 Å². The molecule has 4 nitrogen and oxygen atoms in total. The summed E-state index contributed by atoms with van der Waals surface area (Å²) in [6.45, 7) is 0.358. The standard InChI is InChI=1S/C3H6BO4/c5-4-8-3-6-1-2-7-3/h3,5H,1-2H2. The molecule has 0 unspecified atom stereocenters. The normalized spacial score (nSPS) is 21.6. The fourth-order valence-corrected chi connectivity index (χ4v) is 0.465. The Balaban J connectivity index is 2.06. The van der Waals surface area contributed by atoms with Gasteiger partial charge in [0.05, 0.1) is 13.2 Å². The van der Waals surface area contributed by atoms with E-state index in [-0.39, 0.29) is 0 Å². The molecule has 1 saturated heterocycles. The molecule has 0 saturated carbocycles. The lowest BCUT2D eigenvalue weighted by atomic mass is 10.4. The molecule has 5 heteroatoms. The van der Waals surface area contributed by atoms with Crippen LogP contribution in [0.3, 0.4) is 0 Å². The topological polar surface area (TPSA) is 47.9 Å². The van der Waals surface area contributed by atoms with Gasteiger partial charge in [0.25, 0.3) is 6.48 Å². The lowest BCUT2D eigenvalue weighted by molar-refractivity contribution is -0.181. The largest absolute Gasteiger partial charge is 0.488 e. The van der Waals surface area contributed by atoms with E-state index in [9.17, 15) is 0 Å². The first kappa shape index (κ1) is 6.03. The Hall–Kier alpha value is -0.0951. The Morgan fingerprint density at radius 2 is 2.12 bits per heavy atom. The molecular formula is C3H6BO4. The number of hydrogen-bond acceptors (Lipinski definition) is 4. The third-order valence-corrected chi connectivity index (χ3v) is 0.763. The first-order chi connectivity index (χ1) is 3.93. The molecule has 0 aliphatic carbocycles. The summed E-state index contributed by atoms with van der Waals surface area (Å²) in [4.78, 5) is 0. The maximum atomic E-state index is 8.02. The lowest BCUT2D eigenvalue weighted by Crippen LogP contribution is -2.15. The van der Waals surface area contributed by atoms with Crippen molar-refractivity contribution in [3.05, 3.63) is 0 Å². The summed E-state index contributed by atoms with van der Waals surface area (Å²) in [6, 6.07) is 0. The molecule has 1 rings (SSSR count). The molecule has 1 heterocycles. The van der Waals surface area contributed by atoms with Crippen LogP contribution in [-0.2, 0) is 14.1 Å². The summed E-state index contributed by atoms with van der Waals surface area (Å²) in [7, 11) is 0.552. The van der Waals surface area contributed by atoms with Crippen LogP contribution >= 0.6 is 0 Å². The molecule has 45 valence electrons. The van der Waals surface area contributed by atoms with E-state index in [4.69, 9.17) is 14.5 Å². The van der Waals surface area contributed by atoms with Crippen LogP contribution in [0.25, 0.3) is 0 Å². The molecule has 1 fully saturated rings. The molecular weight excluding hydrogens is 111 g/mol. The minimum Gasteiger partial charge on any atom is -0.429 e. The average molecular weight is 117 g/mol. The smallest absolute Gasteiger partial charge is 0.429 e. The Kier molecular flexibility index (Phi) is 2.29. The molecule has 8 heavy (non-hydrogen) atoms. The number of rotatable bonds is 2. The maximum absolute atomic E-state index is 8.02. The van der Waals surface area contributed by atoms with Gasteiger partial charge in [0.1, 0.15) is 0 Å². The molecule has 0 aromatic rings. The van der Waals surface area contributed by atoms with Crippen molar-refractivity contribution in [1.82, 2.24) is 0 Å². The second-order valence-electron chi connectivity index (χ2n) is 1.27. The zero-order chi connectivity index (χ0) is 5.82. The van der Waals surface area contributed by atoms with Crippen molar-refractivity contribution < 1.29 is 19.2 Å². The van der Waals surface area contributed by atoms with E-state index in [2.05, 4.69) is 4.65 Å². The second-order valence-corrected chi connectivity index (χ2v) is 1.27. The molecule has 0 aromatic heterocycles. The molecule has 1 N–H and O–H groups in total. The molecule has 1 radical (unpaired) electrons. The highest BCUT2D eigenvalue weighted by Gasteiger charge is 2.15. The Morgan fingerprint density at radius 1 is 1.50 bits per heavy atom. The van der Waals surface area contributed by atoms with Crippen LogP contribution in [0.2, 0.25) is 0 Å². The van der Waals surface area contributed by atoms with Crippen molar-refractivity contribution in [2.24, 2.45) is 0 Å². The van der Waals surface area contributed by atoms with Gasteiger partial charge in [0.2, 0.25) is 0 Å². The highest BCUT2D eigenvalue weighted by Crippen LogP contribution is 2.02. The summed E-state index contributed by atoms with van der Waals surface area (Å²) >= 11 is 0. The van der Waals surface area contributed by atoms with Crippen LogP contribution in [0.1, 0.15) is 0 Å². The lowest BCUT2D eigenvalue weighted by Gasteiger charge is -2.04. The fourth-order valence-electron chi connectivity index (χ4n) is 0.465. The molecule has 0 aromatic carbocycles. The van der Waals surface area contributed by atoms with Crippen LogP contribution in [0.4, 0.5) is 0 Å². The van der Waals surface area contributed by atoms with E-state index in [1.54, 1.807) is 0 Å². The van der Waals surface area contributed by atoms with E-state index < -0.39 is 6.48 Å². The first-order valence-electron chi connectivity index (χ1n) is 2.28. The zero-order valence-electron chi connectivity index (χ0n) is 4.24. The Labute approximate surface area is 47.7 Å². The SMILES string of the molecule is O[B]OC1OCCO1. The van der Waals surface area contributed by atoms with Gasteiger partial charge in [-0.15, -0.1) is 0 Å². The van der Waals surface area contributed by atoms with Crippen LogP contribution in [-0.4, -0.2) is 32.4 Å². The van der Waals surface area contributed by atoms with E-state index in [0.717, 1.165) is 0 Å². The fraction of sp³-hybridized carbons (Fsp3) is 1.00. The maximum Gasteiger partial charge on any atom is 0.488 e. The molecule has 1 aliphatic rings. The molecule has 0 spiro atoms. The minimum atomic E-state index is -0.694. The quantitative estimate of drug-likeness (QED) is 0.464. The van der Waals surface area contributed by atoms with Gasteiger partial charge in [-0.25, -0.2) is 0 Å². The predicted molar refractivity (Wildman–Crippen MR) is 24.7 cm³/mol. The van der Waals surface area contributed by atoms with E-state index >= 15 is 0 Å². The van der Waals surface area contributed by atoms with Crippen LogP contribution in [0.5, 0.6) is 0 Å². The van der Waals surface area contributed by atoms with Gasteiger partial charge in [0.15, 0.2) is 0 Å². The van der Waals surface area contributed by atoms with Crippen molar-refractivity contribution in [1.29, 1.82) is 0 Å². The Morgan fingerprint density at radius 3 is 2.62 bits per heavy atom. The third-order valence-electron chi connectivity index (χ3n) is 0.763. The average Bonchev–Trinajstić information content (AvgIpc) is 2.19. The molecule has 0 bridgehead atoms. The molecule has 0 atom stereocenters. The van der Waals surface area contributed by atoms with Gasteiger partial charge >= 0.3 is 7.69 Å². The van der Waals surface area contributed by atoms with Crippen molar-refractivity contribution in [3.63, 3.8) is 0 Å². The Bertz CT molecular complexity index is 62.3. The summed E-state index contributed by atoms with van der Waals surface area (Å²) in [5.74, 6) is 0. The summed E-state index contributed by atoms with van der Waals surface area (Å²) in [6.07, 6.45) is 0. The van der Waals surface area contributed by atoms with Crippen LogP contribution in [0, 0.1) is 0 Å². The molecule has 1 aliphatic heterocycles. The van der Waals surface area contributed by atoms with E-state index in [0.29, 0.717) is 20.9 Å². The highest BCUT2D eigenvalue weighted by atomic mass is 16.9. The van der Waals surface area contributed by atoms with Gasteiger partial charge in [-0.05, 0) is 0 Å². The van der Waals surface area contributed by atoms with Crippen LogP contribution < -0.4 is 0 Å². The predicted octanol–water partition coefficient (Wildman–Crippen LogP) is -1.14. The number of ether oxygens (including phenoxy) is 2. The summed E-state index contributed by atoms with van der Waals surface area (Å²) in [5, 5.41) is 8.02. The minimum absolute atomic E-state index is 0.526. The summed E-state index contributed by atoms with van der Waals surface area (Å²) < 4.78 is 13.9. The summed E-state index contributed by atoms with van der Waals surface area (Å²) in [5.41, 5.74) is 0. The number of hydrogen-bond donors (Lipinski definition) is 1. The second kappa shape index (κ2) is 3.04. The zero-order valence-corrected chi connectivity index (χ0v) is 4.24. The van der Waals surface area contributed by atoms with Crippen molar-refractivity contribution >= 4 is 7.69 Å². The molecule has 0 amide bonds. The first-order valence-corrected chi connectivity index (χ1v) is 2.28. The van der Waals surface area contributed by atoms with Crippen molar-refractivity contribution in [2.75, 3.05) is 13.2 Å². The van der Waals surface area contributed by atoms with Crippen molar-refractivity contribution in [2.45, 2.75) is 6.48 Å². The van der Waals surface area contributed by atoms with Gasteiger partial charge in [-0.2, -0.15) is 0 Å². The van der Waals surface area contributed by atoms with Gasteiger partial charge in [-0.3, -0.25) is 0 Å². The van der Waals surface area contributed by atoms with Gasteiger partial charge in [-0.1, -0.05) is 0 Å².